The Labute approximate surface area is 82.1 Å². The predicted octanol–water partition coefficient (Wildman–Crippen LogP) is -0.123. The van der Waals surface area contributed by atoms with E-state index in [1.54, 1.807) is 0 Å². The third-order valence-corrected chi connectivity index (χ3v) is 2.50. The van der Waals surface area contributed by atoms with E-state index in [4.69, 9.17) is 5.73 Å². The minimum atomic E-state index is -0.121. The van der Waals surface area contributed by atoms with E-state index >= 15 is 0 Å². The van der Waals surface area contributed by atoms with Crippen molar-refractivity contribution in [3.05, 3.63) is 18.2 Å². The molecule has 2 rings (SSSR count). The molecule has 14 heavy (non-hydrogen) atoms. The van der Waals surface area contributed by atoms with Gasteiger partial charge in [0.25, 0.3) is 5.91 Å². The molecule has 1 saturated carbocycles. The summed E-state index contributed by atoms with van der Waals surface area (Å²) in [5.74, 6) is 0.455. The minimum Gasteiger partial charge on any atom is -0.346 e. The van der Waals surface area contributed by atoms with E-state index < -0.39 is 0 Å². The molecule has 5 nitrogen and oxygen atoms in total. The van der Waals surface area contributed by atoms with Gasteiger partial charge in [0, 0.05) is 12.6 Å². The van der Waals surface area contributed by atoms with Crippen LogP contribution in [0.25, 0.3) is 0 Å². The van der Waals surface area contributed by atoms with Gasteiger partial charge in [-0.1, -0.05) is 0 Å². The van der Waals surface area contributed by atoms with Crippen LogP contribution in [0.2, 0.25) is 0 Å². The second-order valence-corrected chi connectivity index (χ2v) is 3.62. The number of carbonyl (C=O) groups excluding carboxylic acids is 1. The molecule has 1 aromatic heterocycles. The first kappa shape index (κ1) is 9.21. The van der Waals surface area contributed by atoms with Gasteiger partial charge in [0.1, 0.15) is 5.69 Å². The van der Waals surface area contributed by atoms with Gasteiger partial charge in [-0.25, -0.2) is 4.98 Å². The van der Waals surface area contributed by atoms with Crippen LogP contribution >= 0.6 is 0 Å². The molecule has 1 aliphatic rings. The molecule has 1 fully saturated rings. The van der Waals surface area contributed by atoms with Crippen LogP contribution in [0.15, 0.2) is 12.5 Å². The summed E-state index contributed by atoms with van der Waals surface area (Å²) in [6.45, 7) is 0.505. The van der Waals surface area contributed by atoms with Gasteiger partial charge in [-0.3, -0.25) is 4.79 Å². The quantitative estimate of drug-likeness (QED) is 0.624. The average molecular weight is 194 g/mol. The van der Waals surface area contributed by atoms with E-state index in [-0.39, 0.29) is 11.9 Å². The van der Waals surface area contributed by atoms with E-state index in [1.165, 1.54) is 25.4 Å². The number of nitrogens with two attached hydrogens (primary N) is 1. The Bertz CT molecular complexity index is 305. The number of aromatic nitrogens is 2. The number of carbonyl (C=O) groups is 1. The fourth-order valence-corrected chi connectivity index (χ4v) is 1.49. The number of rotatable bonds is 4. The summed E-state index contributed by atoms with van der Waals surface area (Å²) >= 11 is 0. The zero-order chi connectivity index (χ0) is 9.97. The van der Waals surface area contributed by atoms with E-state index in [0.29, 0.717) is 18.2 Å². The van der Waals surface area contributed by atoms with Crippen molar-refractivity contribution < 1.29 is 4.79 Å². The Morgan fingerprint density at radius 3 is 3.07 bits per heavy atom. The summed E-state index contributed by atoms with van der Waals surface area (Å²) in [6.07, 6.45) is 5.34. The van der Waals surface area contributed by atoms with Crippen LogP contribution in [0.4, 0.5) is 0 Å². The highest BCUT2D eigenvalue weighted by Gasteiger charge is 2.31. The molecule has 0 aromatic carbocycles. The van der Waals surface area contributed by atoms with Crippen LogP contribution in [-0.2, 0) is 0 Å². The third-order valence-electron chi connectivity index (χ3n) is 2.50. The highest BCUT2D eigenvalue weighted by Crippen LogP contribution is 2.32. The maximum Gasteiger partial charge on any atom is 0.269 e. The second-order valence-electron chi connectivity index (χ2n) is 3.62. The minimum absolute atomic E-state index is 0.116. The Morgan fingerprint density at radius 1 is 1.79 bits per heavy atom. The zero-order valence-electron chi connectivity index (χ0n) is 7.86. The van der Waals surface area contributed by atoms with Gasteiger partial charge >= 0.3 is 0 Å². The monoisotopic (exact) mass is 194 g/mol. The summed E-state index contributed by atoms with van der Waals surface area (Å²) in [6, 6.07) is 0.116. The van der Waals surface area contributed by atoms with Crippen molar-refractivity contribution >= 4 is 5.91 Å². The van der Waals surface area contributed by atoms with Crippen LogP contribution in [0.5, 0.6) is 0 Å². The molecule has 4 N–H and O–H groups in total. The lowest BCUT2D eigenvalue weighted by molar-refractivity contribution is 0.0929. The smallest absolute Gasteiger partial charge is 0.269 e. The molecule has 1 aromatic rings. The lowest BCUT2D eigenvalue weighted by Gasteiger charge is -2.14. The number of H-pyrrole nitrogens is 1. The van der Waals surface area contributed by atoms with Gasteiger partial charge in [-0.2, -0.15) is 0 Å². The Balaban J connectivity index is 1.92. The van der Waals surface area contributed by atoms with Crippen LogP contribution < -0.4 is 11.1 Å². The van der Waals surface area contributed by atoms with E-state index in [0.717, 1.165) is 0 Å². The highest BCUT2D eigenvalue weighted by molar-refractivity contribution is 5.92. The van der Waals surface area contributed by atoms with Crippen LogP contribution in [0.3, 0.4) is 0 Å². The van der Waals surface area contributed by atoms with Crippen LogP contribution in [0.1, 0.15) is 23.3 Å². The molecule has 1 unspecified atom stereocenters. The van der Waals surface area contributed by atoms with Crippen LogP contribution in [0, 0.1) is 5.92 Å². The van der Waals surface area contributed by atoms with Gasteiger partial charge in [0.15, 0.2) is 0 Å². The number of imidazole rings is 1. The second kappa shape index (κ2) is 3.79. The van der Waals surface area contributed by atoms with Gasteiger partial charge in [0.05, 0.1) is 12.5 Å². The van der Waals surface area contributed by atoms with Gasteiger partial charge in [-0.15, -0.1) is 0 Å². The fourth-order valence-electron chi connectivity index (χ4n) is 1.49. The molecule has 1 heterocycles. The summed E-state index contributed by atoms with van der Waals surface area (Å²) < 4.78 is 0. The molecule has 0 bridgehead atoms. The third kappa shape index (κ3) is 1.93. The topological polar surface area (TPSA) is 83.8 Å². The van der Waals surface area contributed by atoms with Gasteiger partial charge < -0.3 is 16.0 Å². The number of nitrogens with one attached hydrogen (secondary N) is 2. The summed E-state index contributed by atoms with van der Waals surface area (Å²) in [5.41, 5.74) is 6.06. The maximum absolute atomic E-state index is 11.6. The molecule has 0 aliphatic heterocycles. The fraction of sp³-hybridized carbons (Fsp3) is 0.556. The van der Waals surface area contributed by atoms with Gasteiger partial charge in [0.2, 0.25) is 0 Å². The van der Waals surface area contributed by atoms with Crippen molar-refractivity contribution in [2.75, 3.05) is 6.54 Å². The zero-order valence-corrected chi connectivity index (χ0v) is 7.86. The van der Waals surface area contributed by atoms with Crippen molar-refractivity contribution in [3.63, 3.8) is 0 Å². The lowest BCUT2D eigenvalue weighted by atomic mass is 10.2. The molecular weight excluding hydrogens is 180 g/mol. The molecule has 5 heteroatoms. The summed E-state index contributed by atoms with van der Waals surface area (Å²) in [5, 5.41) is 2.90. The normalized spacial score (nSPS) is 17.8. The molecule has 0 spiro atoms. The molecule has 1 atom stereocenters. The molecule has 0 saturated heterocycles. The number of aromatic amines is 1. The molecule has 0 radical (unpaired) electrons. The lowest BCUT2D eigenvalue weighted by Crippen LogP contribution is -2.41. The first-order valence-electron chi connectivity index (χ1n) is 4.80. The van der Waals surface area contributed by atoms with Crippen molar-refractivity contribution in [1.29, 1.82) is 0 Å². The molecular formula is C9H14N4O. The number of hydrogen-bond donors (Lipinski definition) is 3. The van der Waals surface area contributed by atoms with E-state index in [9.17, 15) is 4.79 Å². The van der Waals surface area contributed by atoms with Crippen molar-refractivity contribution in [3.8, 4) is 0 Å². The van der Waals surface area contributed by atoms with Crippen molar-refractivity contribution in [2.45, 2.75) is 18.9 Å². The first-order chi connectivity index (χ1) is 6.81. The molecule has 76 valence electrons. The number of hydrogen-bond acceptors (Lipinski definition) is 3. The first-order valence-corrected chi connectivity index (χ1v) is 4.80. The standard InChI is InChI=1S/C9H14N4O/c10-3-7(6-1-2-6)13-9(14)8-4-11-5-12-8/h4-7H,1-3,10H2,(H,11,12)(H,13,14). The highest BCUT2D eigenvalue weighted by atomic mass is 16.2. The van der Waals surface area contributed by atoms with Crippen molar-refractivity contribution in [2.24, 2.45) is 11.7 Å². The summed E-state index contributed by atoms with van der Waals surface area (Å²) in [4.78, 5) is 18.1. The SMILES string of the molecule is NCC(NC(=O)c1cnc[nH]1)C1CC1. The van der Waals surface area contributed by atoms with Crippen molar-refractivity contribution in [1.82, 2.24) is 15.3 Å². The summed E-state index contributed by atoms with van der Waals surface area (Å²) in [7, 11) is 0. The average Bonchev–Trinajstić information content (AvgIpc) is 2.88. The maximum atomic E-state index is 11.6. The predicted molar refractivity (Wildman–Crippen MR) is 51.6 cm³/mol. The van der Waals surface area contributed by atoms with Gasteiger partial charge in [-0.05, 0) is 18.8 Å². The molecule has 1 aliphatic carbocycles. The molecule has 1 amide bonds. The van der Waals surface area contributed by atoms with E-state index in [2.05, 4.69) is 15.3 Å². The number of amides is 1. The Hall–Kier alpha value is -1.36. The van der Waals surface area contributed by atoms with E-state index in [1.807, 2.05) is 0 Å². The largest absolute Gasteiger partial charge is 0.346 e. The van der Waals surface area contributed by atoms with Crippen LogP contribution in [-0.4, -0.2) is 28.5 Å². The number of nitrogens with zero attached hydrogens (tertiary/aromatic N) is 1. The Kier molecular flexibility index (Phi) is 2.49. The Morgan fingerprint density at radius 2 is 2.57 bits per heavy atom.